The molecule has 158 valence electrons. The monoisotopic (exact) mass is 416 g/mol. The van der Waals surface area contributed by atoms with E-state index in [2.05, 4.69) is 12.2 Å². The number of amides is 1. The highest BCUT2D eigenvalue weighted by atomic mass is 32.2. The van der Waals surface area contributed by atoms with Crippen LogP contribution < -0.4 is 9.62 Å². The van der Waals surface area contributed by atoms with Crippen molar-refractivity contribution in [2.75, 3.05) is 10.6 Å². The highest BCUT2D eigenvalue weighted by Gasteiger charge is 2.33. The minimum atomic E-state index is -3.65. The van der Waals surface area contributed by atoms with Crippen LogP contribution in [0.3, 0.4) is 0 Å². The molecule has 0 fully saturated rings. The van der Waals surface area contributed by atoms with Gasteiger partial charge in [0, 0.05) is 0 Å². The Bertz CT molecular complexity index is 953. The fourth-order valence-corrected chi connectivity index (χ4v) is 4.69. The molecule has 0 aromatic heterocycles. The standard InChI is InChI=1S/C23H32N2O3S/c1-7-19-11-13-20(14-12-19)18(5)24-23(26)21(8-2)25(29(6,27)28)22-15-16(3)9-10-17(22)4/h9-15,18,21H,7-8H2,1-6H3,(H,24,26)/t18-,21-/m1/s1. The van der Waals surface area contributed by atoms with Crippen molar-refractivity contribution < 1.29 is 13.2 Å². The maximum absolute atomic E-state index is 13.1. The van der Waals surface area contributed by atoms with Gasteiger partial charge in [-0.1, -0.05) is 50.2 Å². The Morgan fingerprint density at radius 2 is 1.69 bits per heavy atom. The molecule has 2 rings (SSSR count). The number of nitrogens with one attached hydrogen (secondary N) is 1. The van der Waals surface area contributed by atoms with Crippen molar-refractivity contribution in [2.24, 2.45) is 0 Å². The van der Waals surface area contributed by atoms with Gasteiger partial charge in [0.2, 0.25) is 15.9 Å². The van der Waals surface area contributed by atoms with E-state index in [0.717, 1.165) is 29.4 Å². The van der Waals surface area contributed by atoms with Crippen LogP contribution in [-0.2, 0) is 21.2 Å². The third-order valence-corrected chi connectivity index (χ3v) is 6.34. The molecule has 2 atom stereocenters. The number of aryl methyl sites for hydroxylation is 3. The zero-order valence-corrected chi connectivity index (χ0v) is 19.0. The molecule has 6 heteroatoms. The fourth-order valence-electron chi connectivity index (χ4n) is 3.43. The number of anilines is 1. The van der Waals surface area contributed by atoms with E-state index in [9.17, 15) is 13.2 Å². The van der Waals surface area contributed by atoms with Crippen LogP contribution in [0.15, 0.2) is 42.5 Å². The predicted molar refractivity (Wildman–Crippen MR) is 120 cm³/mol. The summed E-state index contributed by atoms with van der Waals surface area (Å²) >= 11 is 0. The van der Waals surface area contributed by atoms with Gasteiger partial charge in [-0.25, -0.2) is 8.42 Å². The van der Waals surface area contributed by atoms with Gasteiger partial charge in [-0.3, -0.25) is 9.10 Å². The number of hydrogen-bond acceptors (Lipinski definition) is 3. The van der Waals surface area contributed by atoms with Gasteiger partial charge >= 0.3 is 0 Å². The SMILES string of the molecule is CCc1ccc([C@@H](C)NC(=O)[C@@H](CC)N(c2cc(C)ccc2C)S(C)(=O)=O)cc1. The van der Waals surface area contributed by atoms with Crippen LogP contribution in [0.1, 0.15) is 55.5 Å². The van der Waals surface area contributed by atoms with Gasteiger partial charge in [0.25, 0.3) is 0 Å². The molecule has 0 aliphatic rings. The maximum atomic E-state index is 13.1. The lowest BCUT2D eigenvalue weighted by Gasteiger charge is -2.32. The van der Waals surface area contributed by atoms with Gasteiger partial charge in [0.1, 0.15) is 6.04 Å². The van der Waals surface area contributed by atoms with Gasteiger partial charge in [0.15, 0.2) is 0 Å². The van der Waals surface area contributed by atoms with Gasteiger partial charge < -0.3 is 5.32 Å². The van der Waals surface area contributed by atoms with E-state index in [1.54, 1.807) is 0 Å². The lowest BCUT2D eigenvalue weighted by atomic mass is 10.0. The molecular weight excluding hydrogens is 384 g/mol. The summed E-state index contributed by atoms with van der Waals surface area (Å²) in [5.74, 6) is -0.300. The minimum absolute atomic E-state index is 0.220. The molecule has 1 N–H and O–H groups in total. The number of carbonyl (C=O) groups is 1. The molecule has 29 heavy (non-hydrogen) atoms. The largest absolute Gasteiger partial charge is 0.348 e. The Balaban J connectivity index is 2.34. The third kappa shape index (κ3) is 5.60. The van der Waals surface area contributed by atoms with Crippen molar-refractivity contribution in [3.05, 3.63) is 64.7 Å². The average Bonchev–Trinajstić information content (AvgIpc) is 2.67. The summed E-state index contributed by atoms with van der Waals surface area (Å²) in [6, 6.07) is 12.7. The molecule has 0 radical (unpaired) electrons. The number of benzene rings is 2. The molecule has 2 aromatic carbocycles. The molecule has 2 aromatic rings. The number of rotatable bonds is 8. The van der Waals surface area contributed by atoms with Crippen LogP contribution in [0, 0.1) is 13.8 Å². The van der Waals surface area contributed by atoms with E-state index >= 15 is 0 Å². The smallest absolute Gasteiger partial charge is 0.244 e. The number of sulfonamides is 1. The van der Waals surface area contributed by atoms with Crippen molar-refractivity contribution in [2.45, 2.75) is 59.5 Å². The van der Waals surface area contributed by atoms with E-state index in [-0.39, 0.29) is 11.9 Å². The van der Waals surface area contributed by atoms with E-state index in [1.807, 2.05) is 70.2 Å². The molecule has 1 amide bonds. The second-order valence-electron chi connectivity index (χ2n) is 7.60. The van der Waals surface area contributed by atoms with E-state index in [1.165, 1.54) is 9.87 Å². The molecule has 0 saturated heterocycles. The predicted octanol–water partition coefficient (Wildman–Crippen LogP) is 4.29. The summed E-state index contributed by atoms with van der Waals surface area (Å²) in [4.78, 5) is 13.1. The Hall–Kier alpha value is -2.34. The fraction of sp³-hybridized carbons (Fsp3) is 0.435. The summed E-state index contributed by atoms with van der Waals surface area (Å²) in [5, 5.41) is 3.00. The van der Waals surface area contributed by atoms with Crippen molar-refractivity contribution in [3.63, 3.8) is 0 Å². The highest BCUT2D eigenvalue weighted by molar-refractivity contribution is 7.92. The molecular formula is C23H32N2O3S. The zero-order valence-electron chi connectivity index (χ0n) is 18.2. The van der Waals surface area contributed by atoms with E-state index in [4.69, 9.17) is 0 Å². The summed E-state index contributed by atoms with van der Waals surface area (Å²) in [6.07, 6.45) is 2.48. The Morgan fingerprint density at radius 1 is 1.07 bits per heavy atom. The van der Waals surface area contributed by atoms with Crippen LogP contribution in [0.2, 0.25) is 0 Å². The van der Waals surface area contributed by atoms with Crippen molar-refractivity contribution in [3.8, 4) is 0 Å². The summed E-state index contributed by atoms with van der Waals surface area (Å²) in [7, 11) is -3.65. The van der Waals surface area contributed by atoms with Gasteiger partial charge in [-0.2, -0.15) is 0 Å². The lowest BCUT2D eigenvalue weighted by molar-refractivity contribution is -0.122. The van der Waals surface area contributed by atoms with Crippen LogP contribution in [0.25, 0.3) is 0 Å². The van der Waals surface area contributed by atoms with Crippen LogP contribution >= 0.6 is 0 Å². The van der Waals surface area contributed by atoms with E-state index in [0.29, 0.717) is 12.1 Å². The topological polar surface area (TPSA) is 66.5 Å². The van der Waals surface area contributed by atoms with Crippen molar-refractivity contribution >= 4 is 21.6 Å². The first-order valence-corrected chi connectivity index (χ1v) is 11.9. The second-order valence-corrected chi connectivity index (χ2v) is 9.46. The zero-order chi connectivity index (χ0) is 21.8. The molecule has 0 unspecified atom stereocenters. The van der Waals surface area contributed by atoms with Gasteiger partial charge in [-0.05, 0) is 61.9 Å². The highest BCUT2D eigenvalue weighted by Crippen LogP contribution is 2.28. The number of carbonyl (C=O) groups excluding carboxylic acids is 1. The average molecular weight is 417 g/mol. The molecule has 5 nitrogen and oxygen atoms in total. The lowest BCUT2D eigenvalue weighted by Crippen LogP contribution is -2.50. The molecule has 0 spiro atoms. The molecule has 0 bridgehead atoms. The first kappa shape index (κ1) is 22.9. The quantitative estimate of drug-likeness (QED) is 0.698. The molecule has 0 aliphatic carbocycles. The first-order chi connectivity index (χ1) is 13.6. The Labute approximate surface area is 175 Å². The normalized spacial score (nSPS) is 13.6. The van der Waals surface area contributed by atoms with Crippen molar-refractivity contribution in [1.29, 1.82) is 0 Å². The summed E-state index contributed by atoms with van der Waals surface area (Å²) in [6.45, 7) is 9.60. The Morgan fingerprint density at radius 3 is 2.21 bits per heavy atom. The minimum Gasteiger partial charge on any atom is -0.348 e. The molecule has 0 saturated carbocycles. The van der Waals surface area contributed by atoms with Crippen molar-refractivity contribution in [1.82, 2.24) is 5.32 Å². The van der Waals surface area contributed by atoms with Crippen LogP contribution in [-0.4, -0.2) is 26.6 Å². The van der Waals surface area contributed by atoms with Gasteiger partial charge in [0.05, 0.1) is 18.0 Å². The number of nitrogens with zero attached hydrogens (tertiary/aromatic N) is 1. The Kier molecular flexibility index (Phi) is 7.47. The van der Waals surface area contributed by atoms with E-state index < -0.39 is 16.1 Å². The van der Waals surface area contributed by atoms with Gasteiger partial charge in [-0.15, -0.1) is 0 Å². The summed E-state index contributed by atoms with van der Waals surface area (Å²) in [5.41, 5.74) is 4.53. The molecule has 0 heterocycles. The number of hydrogen-bond donors (Lipinski definition) is 1. The summed E-state index contributed by atoms with van der Waals surface area (Å²) < 4.78 is 26.6. The third-order valence-electron chi connectivity index (χ3n) is 5.18. The second kappa shape index (κ2) is 9.44. The molecule has 0 aliphatic heterocycles. The van der Waals surface area contributed by atoms with Crippen LogP contribution in [0.4, 0.5) is 5.69 Å². The maximum Gasteiger partial charge on any atom is 0.244 e. The first-order valence-electron chi connectivity index (χ1n) is 10.0. The van der Waals surface area contributed by atoms with Crippen LogP contribution in [0.5, 0.6) is 0 Å².